The van der Waals surface area contributed by atoms with Crippen LogP contribution in [0.5, 0.6) is 0 Å². The molecule has 1 amide bonds. The Morgan fingerprint density at radius 1 is 1.16 bits per heavy atom. The summed E-state index contributed by atoms with van der Waals surface area (Å²) in [5, 5.41) is 3.00. The van der Waals surface area contributed by atoms with Crippen molar-refractivity contribution in [2.45, 2.75) is 45.4 Å². The van der Waals surface area contributed by atoms with Gasteiger partial charge in [0.15, 0.2) is 0 Å². The van der Waals surface area contributed by atoms with Crippen LogP contribution in [0.25, 0.3) is 0 Å². The van der Waals surface area contributed by atoms with E-state index in [1.54, 1.807) is 12.3 Å². The van der Waals surface area contributed by atoms with Gasteiger partial charge in [-0.2, -0.15) is 0 Å². The highest BCUT2D eigenvalue weighted by Gasteiger charge is 2.27. The zero-order valence-corrected chi connectivity index (χ0v) is 18.2. The number of hydrogen-bond donors (Lipinski definition) is 1. The molecule has 0 spiro atoms. The summed E-state index contributed by atoms with van der Waals surface area (Å²) in [6.45, 7) is 6.00. The minimum atomic E-state index is -0.0972. The van der Waals surface area contributed by atoms with Crippen molar-refractivity contribution in [2.24, 2.45) is 0 Å². The Labute approximate surface area is 184 Å². The predicted molar refractivity (Wildman–Crippen MR) is 122 cm³/mol. The number of furan rings is 1. The van der Waals surface area contributed by atoms with Crippen molar-refractivity contribution in [1.29, 1.82) is 0 Å². The van der Waals surface area contributed by atoms with Gasteiger partial charge in [0, 0.05) is 24.9 Å². The molecule has 0 saturated heterocycles. The van der Waals surface area contributed by atoms with Crippen LogP contribution in [0.4, 0.5) is 5.69 Å². The number of nitrogens with zero attached hydrogens (tertiary/aromatic N) is 1. The molecule has 1 aliphatic heterocycles. The highest BCUT2D eigenvalue weighted by atomic mass is 16.5. The number of fused-ring (bicyclic) bond motifs is 1. The van der Waals surface area contributed by atoms with Gasteiger partial charge in [-0.05, 0) is 49.9 Å². The fourth-order valence-electron chi connectivity index (χ4n) is 4.14. The van der Waals surface area contributed by atoms with E-state index in [1.807, 2.05) is 25.1 Å². The van der Waals surface area contributed by atoms with Crippen molar-refractivity contribution in [1.82, 2.24) is 5.32 Å². The lowest BCUT2D eigenvalue weighted by Gasteiger charge is -2.24. The summed E-state index contributed by atoms with van der Waals surface area (Å²) in [5.74, 6) is 0.606. The monoisotopic (exact) mass is 418 g/mol. The van der Waals surface area contributed by atoms with Gasteiger partial charge in [0.05, 0.1) is 24.5 Å². The van der Waals surface area contributed by atoms with Crippen molar-refractivity contribution < 1.29 is 13.9 Å². The molecule has 0 saturated carbocycles. The van der Waals surface area contributed by atoms with Crippen molar-refractivity contribution in [3.63, 3.8) is 0 Å². The third-order valence-electron chi connectivity index (χ3n) is 5.90. The molecule has 1 aromatic heterocycles. The summed E-state index contributed by atoms with van der Waals surface area (Å²) in [6, 6.07) is 20.7. The molecular weight excluding hydrogens is 388 g/mol. The fraction of sp³-hybridized carbons (Fsp3) is 0.346. The van der Waals surface area contributed by atoms with Crippen molar-refractivity contribution in [3.8, 4) is 0 Å². The number of benzene rings is 2. The number of carbonyl (C=O) groups is 1. The zero-order valence-electron chi connectivity index (χ0n) is 18.2. The van der Waals surface area contributed by atoms with Gasteiger partial charge in [0.25, 0.3) is 5.91 Å². The van der Waals surface area contributed by atoms with E-state index < -0.39 is 0 Å². The summed E-state index contributed by atoms with van der Waals surface area (Å²) < 4.78 is 11.6. The number of anilines is 1. The molecule has 0 fully saturated rings. The number of amides is 1. The molecule has 5 nitrogen and oxygen atoms in total. The van der Waals surface area contributed by atoms with Crippen LogP contribution < -0.4 is 10.2 Å². The normalized spacial score (nSPS) is 16.2. The lowest BCUT2D eigenvalue weighted by Crippen LogP contribution is -2.30. The molecule has 0 radical (unpaired) electrons. The molecule has 2 unspecified atom stereocenters. The number of hydrogen-bond acceptors (Lipinski definition) is 4. The van der Waals surface area contributed by atoms with Gasteiger partial charge in [0.2, 0.25) is 0 Å². The minimum Gasteiger partial charge on any atom is -0.467 e. The van der Waals surface area contributed by atoms with E-state index in [0.717, 1.165) is 18.4 Å². The van der Waals surface area contributed by atoms with Gasteiger partial charge < -0.3 is 19.4 Å². The number of rotatable bonds is 9. The number of para-hydroxylation sites is 1. The van der Waals surface area contributed by atoms with Crippen molar-refractivity contribution in [2.75, 3.05) is 18.1 Å². The van der Waals surface area contributed by atoms with Crippen LogP contribution in [0.2, 0.25) is 0 Å². The van der Waals surface area contributed by atoms with Crippen LogP contribution in [0.15, 0.2) is 71.3 Å². The summed E-state index contributed by atoms with van der Waals surface area (Å²) in [5.41, 5.74) is 4.34. The van der Waals surface area contributed by atoms with E-state index in [2.05, 4.69) is 53.5 Å². The average Bonchev–Trinajstić information content (AvgIpc) is 3.38. The fourth-order valence-corrected chi connectivity index (χ4v) is 4.14. The largest absolute Gasteiger partial charge is 0.467 e. The highest BCUT2D eigenvalue weighted by molar-refractivity contribution is 5.95. The molecule has 1 N–H and O–H groups in total. The Bertz CT molecular complexity index is 999. The molecule has 4 rings (SSSR count). The third-order valence-corrected chi connectivity index (χ3v) is 5.90. The molecule has 5 heteroatoms. The van der Waals surface area contributed by atoms with Crippen LogP contribution >= 0.6 is 0 Å². The highest BCUT2D eigenvalue weighted by Crippen LogP contribution is 2.33. The SMILES string of the molecule is CC(OCCCNC(=O)c1ccoc1CN1c2ccccc2CC1C)c1ccccc1. The molecule has 162 valence electrons. The van der Waals surface area contributed by atoms with Crippen LogP contribution in [0, 0.1) is 0 Å². The van der Waals surface area contributed by atoms with Crippen LogP contribution in [-0.4, -0.2) is 25.1 Å². The quantitative estimate of drug-likeness (QED) is 0.490. The Balaban J connectivity index is 1.26. The van der Waals surface area contributed by atoms with Gasteiger partial charge in [-0.3, -0.25) is 4.79 Å². The van der Waals surface area contributed by atoms with E-state index in [4.69, 9.17) is 9.15 Å². The van der Waals surface area contributed by atoms with Gasteiger partial charge in [-0.1, -0.05) is 48.5 Å². The first-order valence-corrected chi connectivity index (χ1v) is 11.0. The molecular formula is C26H30N2O3. The Morgan fingerprint density at radius 3 is 2.77 bits per heavy atom. The maximum Gasteiger partial charge on any atom is 0.254 e. The first-order valence-electron chi connectivity index (χ1n) is 11.0. The first kappa shape index (κ1) is 21.2. The lowest BCUT2D eigenvalue weighted by atomic mass is 10.1. The summed E-state index contributed by atoms with van der Waals surface area (Å²) >= 11 is 0. The number of carbonyl (C=O) groups excluding carboxylic acids is 1. The van der Waals surface area contributed by atoms with E-state index in [9.17, 15) is 4.79 Å². The topological polar surface area (TPSA) is 54.7 Å². The molecule has 0 bridgehead atoms. The number of nitrogens with one attached hydrogen (secondary N) is 1. The molecule has 2 atom stereocenters. The molecule has 1 aliphatic rings. The Hall–Kier alpha value is -3.05. The number of ether oxygens (including phenoxy) is 1. The van der Waals surface area contributed by atoms with Crippen molar-refractivity contribution >= 4 is 11.6 Å². The Kier molecular flexibility index (Phi) is 6.73. The van der Waals surface area contributed by atoms with E-state index in [1.165, 1.54) is 11.3 Å². The summed E-state index contributed by atoms with van der Waals surface area (Å²) in [7, 11) is 0. The Morgan fingerprint density at radius 2 is 1.94 bits per heavy atom. The van der Waals surface area contributed by atoms with Gasteiger partial charge in [-0.25, -0.2) is 0 Å². The third kappa shape index (κ3) is 5.00. The van der Waals surface area contributed by atoms with Crippen LogP contribution in [-0.2, 0) is 17.7 Å². The second-order valence-corrected chi connectivity index (χ2v) is 8.10. The minimum absolute atomic E-state index is 0.0442. The van der Waals surface area contributed by atoms with E-state index in [-0.39, 0.29) is 12.0 Å². The first-order chi connectivity index (χ1) is 15.1. The second kappa shape index (κ2) is 9.84. The maximum absolute atomic E-state index is 12.7. The molecule has 0 aliphatic carbocycles. The molecule has 3 aromatic rings. The second-order valence-electron chi connectivity index (χ2n) is 8.10. The van der Waals surface area contributed by atoms with Crippen LogP contribution in [0.3, 0.4) is 0 Å². The van der Waals surface area contributed by atoms with E-state index in [0.29, 0.717) is 37.1 Å². The summed E-state index contributed by atoms with van der Waals surface area (Å²) in [6.07, 6.45) is 3.41. The molecule has 2 heterocycles. The van der Waals surface area contributed by atoms with Gasteiger partial charge in [0.1, 0.15) is 5.76 Å². The van der Waals surface area contributed by atoms with Crippen LogP contribution in [0.1, 0.15) is 53.6 Å². The maximum atomic E-state index is 12.7. The van der Waals surface area contributed by atoms with Crippen molar-refractivity contribution in [3.05, 3.63) is 89.4 Å². The summed E-state index contributed by atoms with van der Waals surface area (Å²) in [4.78, 5) is 15.0. The average molecular weight is 419 g/mol. The molecule has 31 heavy (non-hydrogen) atoms. The zero-order chi connectivity index (χ0) is 21.6. The lowest BCUT2D eigenvalue weighted by molar-refractivity contribution is 0.0635. The standard InChI is InChI=1S/C26H30N2O3/c1-19-17-22-11-6-7-12-24(22)28(19)18-25-23(13-16-31-25)26(29)27-14-8-15-30-20(2)21-9-4-3-5-10-21/h3-7,9-13,16,19-20H,8,14-15,17-18H2,1-2H3,(H,27,29). The van der Waals surface area contributed by atoms with Gasteiger partial charge >= 0.3 is 0 Å². The smallest absolute Gasteiger partial charge is 0.254 e. The predicted octanol–water partition coefficient (Wildman–Crippen LogP) is 5.13. The van der Waals surface area contributed by atoms with Gasteiger partial charge in [-0.15, -0.1) is 0 Å². The van der Waals surface area contributed by atoms with E-state index >= 15 is 0 Å². The molecule has 2 aromatic carbocycles.